The Morgan fingerprint density at radius 2 is 1.94 bits per heavy atom. The zero-order valence-corrected chi connectivity index (χ0v) is 19.2. The second kappa shape index (κ2) is 11.3. The van der Waals surface area contributed by atoms with Gasteiger partial charge in [-0.1, -0.05) is 0 Å². The average molecular weight is 454 g/mol. The number of rotatable bonds is 10. The summed E-state index contributed by atoms with van der Waals surface area (Å²) in [6, 6.07) is 7.14. The lowest BCUT2D eigenvalue weighted by Gasteiger charge is -2.22. The molecule has 1 saturated carbocycles. The van der Waals surface area contributed by atoms with Gasteiger partial charge < -0.3 is 36.0 Å². The molecule has 1 aromatic carbocycles. The van der Waals surface area contributed by atoms with E-state index in [0.29, 0.717) is 29.2 Å². The molecule has 2 aromatic rings. The normalized spacial score (nSPS) is 18.0. The van der Waals surface area contributed by atoms with Gasteiger partial charge in [0.2, 0.25) is 0 Å². The van der Waals surface area contributed by atoms with Gasteiger partial charge >= 0.3 is 0 Å². The van der Waals surface area contributed by atoms with E-state index in [-0.39, 0.29) is 29.4 Å². The topological polar surface area (TPSA) is 132 Å². The summed E-state index contributed by atoms with van der Waals surface area (Å²) in [5.41, 5.74) is 8.41. The third-order valence-corrected chi connectivity index (χ3v) is 5.60. The molecule has 33 heavy (non-hydrogen) atoms. The molecule has 0 saturated heterocycles. The molecule has 176 valence electrons. The van der Waals surface area contributed by atoms with Gasteiger partial charge in [0.15, 0.2) is 0 Å². The third-order valence-electron chi connectivity index (χ3n) is 5.60. The largest absolute Gasteiger partial charge is 0.497 e. The van der Waals surface area contributed by atoms with Gasteiger partial charge in [0.25, 0.3) is 5.91 Å². The van der Waals surface area contributed by atoms with Crippen LogP contribution in [0, 0.1) is 5.41 Å². The number of amides is 1. The van der Waals surface area contributed by atoms with Crippen LogP contribution in [0.5, 0.6) is 11.5 Å². The van der Waals surface area contributed by atoms with E-state index in [1.807, 2.05) is 18.2 Å². The molecule has 9 nitrogen and oxygen atoms in total. The molecule has 0 unspecified atom stereocenters. The molecular formula is C24H31N5O4. The molecule has 1 aliphatic rings. The van der Waals surface area contributed by atoms with Gasteiger partial charge in [-0.25, -0.2) is 4.98 Å². The second-order valence-corrected chi connectivity index (χ2v) is 7.77. The summed E-state index contributed by atoms with van der Waals surface area (Å²) in [5, 5.41) is 13.5. The summed E-state index contributed by atoms with van der Waals surface area (Å²) in [7, 11) is 4.96. The Hall–Kier alpha value is -3.59. The highest BCUT2D eigenvalue weighted by atomic mass is 16.5. The van der Waals surface area contributed by atoms with Gasteiger partial charge in [-0.3, -0.25) is 4.79 Å². The molecule has 0 spiro atoms. The first-order valence-electron chi connectivity index (χ1n) is 10.8. The predicted octanol–water partition coefficient (Wildman–Crippen LogP) is 2.76. The van der Waals surface area contributed by atoms with Gasteiger partial charge in [0.05, 0.1) is 38.5 Å². The van der Waals surface area contributed by atoms with E-state index in [9.17, 15) is 4.79 Å². The van der Waals surface area contributed by atoms with Crippen molar-refractivity contribution in [3.05, 3.63) is 53.4 Å². The van der Waals surface area contributed by atoms with E-state index in [2.05, 4.69) is 15.6 Å². The monoisotopic (exact) mass is 453 g/mol. The summed E-state index contributed by atoms with van der Waals surface area (Å²) < 4.78 is 16.8. The van der Waals surface area contributed by atoms with E-state index in [4.69, 9.17) is 25.4 Å². The predicted molar refractivity (Wildman–Crippen MR) is 128 cm³/mol. The molecule has 1 fully saturated rings. The first kappa shape index (κ1) is 24.1. The van der Waals surface area contributed by atoms with Crippen molar-refractivity contribution in [1.29, 1.82) is 5.41 Å². The number of benzene rings is 1. The molecule has 5 N–H and O–H groups in total. The Kier molecular flexibility index (Phi) is 8.26. The number of nitrogens with zero attached hydrogens (tertiary/aromatic N) is 1. The fraction of sp³-hybridized carbons (Fsp3) is 0.375. The number of anilines is 1. The minimum absolute atomic E-state index is 0.121. The van der Waals surface area contributed by atoms with Crippen molar-refractivity contribution in [2.45, 2.75) is 38.0 Å². The number of pyridine rings is 1. The van der Waals surface area contributed by atoms with Crippen molar-refractivity contribution in [3.63, 3.8) is 0 Å². The Balaban J connectivity index is 1.69. The molecule has 1 aliphatic carbocycles. The highest BCUT2D eigenvalue weighted by Gasteiger charge is 2.30. The molecule has 3 rings (SSSR count). The summed E-state index contributed by atoms with van der Waals surface area (Å²) in [6.45, 7) is 0.376. The number of ether oxygens (including phenoxy) is 3. The number of nitrogens with one attached hydrogen (secondary N) is 3. The Morgan fingerprint density at radius 3 is 2.58 bits per heavy atom. The lowest BCUT2D eigenvalue weighted by molar-refractivity contribution is 0.0270. The average Bonchev–Trinajstić information content (AvgIpc) is 3.28. The van der Waals surface area contributed by atoms with Crippen molar-refractivity contribution >= 4 is 23.5 Å². The van der Waals surface area contributed by atoms with Crippen molar-refractivity contribution in [2.24, 2.45) is 0 Å². The molecule has 1 amide bonds. The molecular weight excluding hydrogens is 422 g/mol. The van der Waals surface area contributed by atoms with Crippen LogP contribution in [0.4, 0.5) is 5.82 Å². The van der Waals surface area contributed by atoms with E-state index in [0.717, 1.165) is 24.8 Å². The van der Waals surface area contributed by atoms with Crippen LogP contribution in [-0.2, 0) is 11.3 Å². The summed E-state index contributed by atoms with van der Waals surface area (Å²) in [6.07, 6.45) is 6.90. The van der Waals surface area contributed by atoms with Crippen LogP contribution in [0.25, 0.3) is 5.57 Å². The zero-order chi connectivity index (χ0) is 23.8. The lowest BCUT2D eigenvalue weighted by atomic mass is 10.1. The molecule has 1 aromatic heterocycles. The van der Waals surface area contributed by atoms with Crippen LogP contribution in [0.15, 0.2) is 36.7 Å². The fourth-order valence-electron chi connectivity index (χ4n) is 3.87. The lowest BCUT2D eigenvalue weighted by Crippen LogP contribution is -2.41. The minimum Gasteiger partial charge on any atom is -0.497 e. The summed E-state index contributed by atoms with van der Waals surface area (Å²) >= 11 is 0. The van der Waals surface area contributed by atoms with Crippen LogP contribution < -0.4 is 25.8 Å². The van der Waals surface area contributed by atoms with E-state index in [1.54, 1.807) is 39.7 Å². The maximum atomic E-state index is 13.0. The number of methoxy groups -OCH3 is 2. The highest BCUT2D eigenvalue weighted by Crippen LogP contribution is 2.27. The maximum Gasteiger partial charge on any atom is 0.255 e. The van der Waals surface area contributed by atoms with Gasteiger partial charge in [0.1, 0.15) is 17.3 Å². The summed E-state index contributed by atoms with van der Waals surface area (Å²) in [5.74, 6) is 1.23. The van der Waals surface area contributed by atoms with Crippen molar-refractivity contribution < 1.29 is 19.0 Å². The Labute approximate surface area is 193 Å². The van der Waals surface area contributed by atoms with Crippen LogP contribution in [-0.4, -0.2) is 50.5 Å². The van der Waals surface area contributed by atoms with Crippen molar-refractivity contribution in [1.82, 2.24) is 15.6 Å². The number of carbonyl (C=O) groups excluding carboxylic acids is 1. The smallest absolute Gasteiger partial charge is 0.255 e. The van der Waals surface area contributed by atoms with Crippen LogP contribution in [0.1, 0.15) is 40.7 Å². The Bertz CT molecular complexity index is 1000. The maximum absolute atomic E-state index is 13.0. The Morgan fingerprint density at radius 1 is 1.21 bits per heavy atom. The first-order chi connectivity index (χ1) is 16.0. The number of nitrogen functional groups attached to an aromatic ring is 1. The highest BCUT2D eigenvalue weighted by molar-refractivity contribution is 6.09. The van der Waals surface area contributed by atoms with E-state index < -0.39 is 0 Å². The van der Waals surface area contributed by atoms with Crippen molar-refractivity contribution in [2.75, 3.05) is 27.0 Å². The van der Waals surface area contributed by atoms with Crippen LogP contribution in [0.2, 0.25) is 0 Å². The van der Waals surface area contributed by atoms with Gasteiger partial charge in [-0.15, -0.1) is 0 Å². The minimum atomic E-state index is -0.306. The molecule has 9 heteroatoms. The third kappa shape index (κ3) is 6.01. The van der Waals surface area contributed by atoms with Gasteiger partial charge in [-0.2, -0.15) is 0 Å². The fourth-order valence-corrected chi connectivity index (χ4v) is 3.87. The van der Waals surface area contributed by atoms with Crippen LogP contribution in [0.3, 0.4) is 0 Å². The summed E-state index contributed by atoms with van der Waals surface area (Å²) in [4.78, 5) is 17.2. The molecule has 2 atom stereocenters. The van der Waals surface area contributed by atoms with Gasteiger partial charge in [-0.05, 0) is 43.0 Å². The number of aromatic nitrogens is 1. The SMILES string of the molecule is CN/C=C(\C=N)c1cnc(N)c(C(=O)N[C@H]2CCC[C@@H]2OCc2cc(OC)cc(OC)c2)c1. The first-order valence-corrected chi connectivity index (χ1v) is 10.8. The van der Waals surface area contributed by atoms with E-state index >= 15 is 0 Å². The molecule has 1 heterocycles. The van der Waals surface area contributed by atoms with Gasteiger partial charge in [0, 0.05) is 42.9 Å². The number of carbonyl (C=O) groups is 1. The van der Waals surface area contributed by atoms with Crippen LogP contribution >= 0.6 is 0 Å². The standard InChI is InChI=1S/C24H31N5O4/c1-27-12-17(11-25)16-9-20(23(26)28-13-16)24(30)29-21-5-4-6-22(21)33-14-15-7-18(31-2)10-19(8-15)32-3/h7-13,21-22,25,27H,4-6,14H2,1-3H3,(H2,26,28)(H,29,30)/b17-12+,25-11?/t21-,22-/m0/s1. The quantitative estimate of drug-likeness (QED) is 0.407. The second-order valence-electron chi connectivity index (χ2n) is 7.77. The molecule has 0 aliphatic heterocycles. The number of hydrogen-bond donors (Lipinski definition) is 4. The number of nitrogens with two attached hydrogens (primary N) is 1. The van der Waals surface area contributed by atoms with E-state index in [1.165, 1.54) is 6.21 Å². The molecule has 0 radical (unpaired) electrons. The van der Waals surface area contributed by atoms with Crippen molar-refractivity contribution in [3.8, 4) is 11.5 Å². The number of hydrogen-bond acceptors (Lipinski definition) is 8. The zero-order valence-electron chi connectivity index (χ0n) is 19.2. The number of allylic oxidation sites excluding steroid dienone is 1. The molecule has 0 bridgehead atoms.